The number of aromatic nitrogens is 2. The zero-order chi connectivity index (χ0) is 26.8. The number of hydrogen-bond acceptors (Lipinski definition) is 12. The molecule has 0 bridgehead atoms. The van der Waals surface area contributed by atoms with Gasteiger partial charge >= 0.3 is 11.9 Å². The number of nitrogens with zero attached hydrogens (tertiary/aromatic N) is 4. The summed E-state index contributed by atoms with van der Waals surface area (Å²) in [5, 5.41) is 1.22. The molecule has 0 saturated heterocycles. The van der Waals surface area contributed by atoms with Crippen molar-refractivity contribution in [1.82, 2.24) is 9.97 Å². The van der Waals surface area contributed by atoms with Gasteiger partial charge < -0.3 is 23.8 Å². The first-order chi connectivity index (χ1) is 18.4. The third-order valence-corrected chi connectivity index (χ3v) is 8.00. The quantitative estimate of drug-likeness (QED) is 0.287. The number of rotatable bonds is 8. The van der Waals surface area contributed by atoms with Gasteiger partial charge in [-0.15, -0.1) is 0 Å². The van der Waals surface area contributed by atoms with Crippen molar-refractivity contribution in [2.24, 2.45) is 0 Å². The number of ether oxygens (including phenoxy) is 4. The minimum atomic E-state index is -0.610. The SMILES string of the molecule is CCOC(=O)C1=C(C(=O)OCC)N(c2nc3ccc(OC)cc3s2)CN(c2nc3ccc(OC)cc3s2)C1. The predicted octanol–water partition coefficient (Wildman–Crippen LogP) is 4.59. The van der Waals surface area contributed by atoms with Crippen LogP contribution in [0.4, 0.5) is 10.3 Å². The van der Waals surface area contributed by atoms with Gasteiger partial charge in [-0.05, 0) is 50.2 Å². The first-order valence-corrected chi connectivity index (χ1v) is 13.6. The van der Waals surface area contributed by atoms with Gasteiger partial charge in [-0.1, -0.05) is 22.7 Å². The molecule has 0 spiro atoms. The fraction of sp³-hybridized carbons (Fsp3) is 0.308. The third kappa shape index (κ3) is 4.84. The van der Waals surface area contributed by atoms with E-state index in [1.807, 2.05) is 41.3 Å². The van der Waals surface area contributed by atoms with Crippen LogP contribution in [0.2, 0.25) is 0 Å². The molecule has 3 heterocycles. The number of benzene rings is 2. The van der Waals surface area contributed by atoms with Crippen molar-refractivity contribution in [3.05, 3.63) is 47.7 Å². The minimum absolute atomic E-state index is 0.121. The van der Waals surface area contributed by atoms with E-state index >= 15 is 0 Å². The second-order valence-corrected chi connectivity index (χ2v) is 10.2. The predicted molar refractivity (Wildman–Crippen MR) is 147 cm³/mol. The highest BCUT2D eigenvalue weighted by Gasteiger charge is 2.37. The Hall–Kier alpha value is -3.90. The molecule has 0 unspecified atom stereocenters. The number of fused-ring (bicyclic) bond motifs is 2. The molecule has 0 radical (unpaired) electrons. The summed E-state index contributed by atoms with van der Waals surface area (Å²) in [6.45, 7) is 4.13. The van der Waals surface area contributed by atoms with E-state index in [0.29, 0.717) is 16.0 Å². The number of anilines is 2. The lowest BCUT2D eigenvalue weighted by Crippen LogP contribution is -2.48. The Labute approximate surface area is 227 Å². The second kappa shape index (κ2) is 10.8. The molecule has 0 atom stereocenters. The molecule has 2 aromatic heterocycles. The van der Waals surface area contributed by atoms with Crippen molar-refractivity contribution in [3.63, 3.8) is 0 Å². The largest absolute Gasteiger partial charge is 0.497 e. The molecule has 12 heteroatoms. The minimum Gasteiger partial charge on any atom is -0.497 e. The zero-order valence-electron chi connectivity index (χ0n) is 21.3. The lowest BCUT2D eigenvalue weighted by atomic mass is 10.1. The van der Waals surface area contributed by atoms with Crippen LogP contribution < -0.4 is 19.3 Å². The standard InChI is InChI=1S/C26H26N4O6S2/c1-5-35-23(31)17-13-29(25-27-18-9-7-15(33-3)11-20(18)37-25)14-30(22(17)24(32)36-6-2)26-28-19-10-8-16(34-4)12-21(19)38-26/h7-12H,5-6,13-14H2,1-4H3. The van der Waals surface area contributed by atoms with Crippen LogP contribution in [-0.2, 0) is 19.1 Å². The molecule has 0 amide bonds. The highest BCUT2D eigenvalue weighted by molar-refractivity contribution is 7.22. The van der Waals surface area contributed by atoms with Crippen molar-refractivity contribution in [3.8, 4) is 11.5 Å². The van der Waals surface area contributed by atoms with Crippen LogP contribution in [0.15, 0.2) is 47.7 Å². The van der Waals surface area contributed by atoms with Crippen LogP contribution in [0, 0.1) is 0 Å². The molecular weight excluding hydrogens is 528 g/mol. The topological polar surface area (TPSA) is 103 Å². The van der Waals surface area contributed by atoms with Crippen molar-refractivity contribution >= 4 is 65.3 Å². The molecule has 38 heavy (non-hydrogen) atoms. The molecule has 10 nitrogen and oxygen atoms in total. The number of esters is 2. The summed E-state index contributed by atoms with van der Waals surface area (Å²) >= 11 is 2.86. The van der Waals surface area contributed by atoms with Crippen LogP contribution in [-0.4, -0.2) is 62.6 Å². The van der Waals surface area contributed by atoms with Gasteiger partial charge in [-0.3, -0.25) is 4.90 Å². The Morgan fingerprint density at radius 1 is 0.842 bits per heavy atom. The molecule has 5 rings (SSSR count). The van der Waals surface area contributed by atoms with Gasteiger partial charge in [0, 0.05) is 0 Å². The van der Waals surface area contributed by atoms with E-state index in [-0.39, 0.29) is 37.7 Å². The van der Waals surface area contributed by atoms with Gasteiger partial charge in [-0.25, -0.2) is 19.6 Å². The number of carbonyl (C=O) groups is 2. The van der Waals surface area contributed by atoms with Crippen LogP contribution in [0.25, 0.3) is 20.4 Å². The van der Waals surface area contributed by atoms with Crippen LogP contribution in [0.5, 0.6) is 11.5 Å². The van der Waals surface area contributed by atoms with Crippen molar-refractivity contribution in [2.45, 2.75) is 13.8 Å². The van der Waals surface area contributed by atoms with E-state index in [0.717, 1.165) is 26.2 Å². The highest BCUT2D eigenvalue weighted by atomic mass is 32.1. The van der Waals surface area contributed by atoms with Crippen LogP contribution in [0.3, 0.4) is 0 Å². The maximum absolute atomic E-state index is 13.3. The Morgan fingerprint density at radius 3 is 1.97 bits per heavy atom. The third-order valence-electron chi connectivity index (χ3n) is 5.88. The Morgan fingerprint density at radius 2 is 1.39 bits per heavy atom. The lowest BCUT2D eigenvalue weighted by Gasteiger charge is -2.36. The summed E-state index contributed by atoms with van der Waals surface area (Å²) in [5.41, 5.74) is 1.86. The fourth-order valence-electron chi connectivity index (χ4n) is 4.11. The average Bonchev–Trinajstić information content (AvgIpc) is 3.55. The average molecular weight is 555 g/mol. The van der Waals surface area contributed by atoms with Gasteiger partial charge in [0.2, 0.25) is 0 Å². The smallest absolute Gasteiger partial charge is 0.355 e. The lowest BCUT2D eigenvalue weighted by molar-refractivity contribution is -0.142. The Kier molecular flexibility index (Phi) is 7.34. The van der Waals surface area contributed by atoms with Gasteiger partial charge in [0.1, 0.15) is 23.9 Å². The molecule has 198 valence electrons. The van der Waals surface area contributed by atoms with Gasteiger partial charge in [-0.2, -0.15) is 0 Å². The van der Waals surface area contributed by atoms with Crippen LogP contribution in [0.1, 0.15) is 13.8 Å². The van der Waals surface area contributed by atoms with Crippen molar-refractivity contribution in [2.75, 3.05) is 50.4 Å². The number of methoxy groups -OCH3 is 2. The van der Waals surface area contributed by atoms with E-state index in [1.165, 1.54) is 22.7 Å². The first-order valence-electron chi connectivity index (χ1n) is 11.9. The normalized spacial score (nSPS) is 13.8. The molecule has 0 aliphatic carbocycles. The van der Waals surface area contributed by atoms with Crippen molar-refractivity contribution in [1.29, 1.82) is 0 Å². The van der Waals surface area contributed by atoms with E-state index in [2.05, 4.69) is 0 Å². The summed E-state index contributed by atoms with van der Waals surface area (Å²) in [6, 6.07) is 11.2. The summed E-state index contributed by atoms with van der Waals surface area (Å²) in [6.07, 6.45) is 0. The number of thiazole rings is 2. The molecule has 2 aromatic carbocycles. The summed E-state index contributed by atoms with van der Waals surface area (Å²) in [4.78, 5) is 39.6. The monoisotopic (exact) mass is 554 g/mol. The molecule has 0 saturated carbocycles. The second-order valence-electron chi connectivity index (χ2n) is 8.20. The van der Waals surface area contributed by atoms with E-state index in [1.54, 1.807) is 33.0 Å². The Balaban J connectivity index is 1.64. The van der Waals surface area contributed by atoms with E-state index in [4.69, 9.17) is 28.9 Å². The Bertz CT molecular complexity index is 1550. The molecule has 0 fully saturated rings. The maximum Gasteiger partial charge on any atom is 0.355 e. The van der Waals surface area contributed by atoms with Crippen molar-refractivity contribution < 1.29 is 28.5 Å². The van der Waals surface area contributed by atoms with E-state index < -0.39 is 11.9 Å². The first kappa shape index (κ1) is 25.7. The van der Waals surface area contributed by atoms with Crippen LogP contribution >= 0.6 is 22.7 Å². The summed E-state index contributed by atoms with van der Waals surface area (Å²) < 4.78 is 23.3. The number of hydrogen-bond donors (Lipinski definition) is 0. The molecular formula is C26H26N4O6S2. The molecule has 1 aliphatic heterocycles. The maximum atomic E-state index is 13.3. The zero-order valence-corrected chi connectivity index (χ0v) is 23.0. The molecule has 0 N–H and O–H groups in total. The number of carbonyl (C=O) groups excluding carboxylic acids is 2. The highest BCUT2D eigenvalue weighted by Crippen LogP contribution is 2.38. The fourth-order valence-corrected chi connectivity index (χ4v) is 6.09. The van der Waals surface area contributed by atoms with Gasteiger partial charge in [0.15, 0.2) is 10.3 Å². The molecule has 1 aliphatic rings. The molecule has 4 aromatic rings. The summed E-state index contributed by atoms with van der Waals surface area (Å²) in [7, 11) is 3.22. The van der Waals surface area contributed by atoms with Gasteiger partial charge in [0.25, 0.3) is 0 Å². The van der Waals surface area contributed by atoms with Gasteiger partial charge in [0.05, 0.1) is 60.0 Å². The van der Waals surface area contributed by atoms with E-state index in [9.17, 15) is 9.59 Å². The summed E-state index contributed by atoms with van der Waals surface area (Å²) in [5.74, 6) is 0.234.